The van der Waals surface area contributed by atoms with E-state index in [0.29, 0.717) is 64.7 Å². The molecule has 4 N–H and O–H groups in total. The zero-order valence-electron chi connectivity index (χ0n) is 17.4. The minimum atomic E-state index is -3.74. The smallest absolute Gasteiger partial charge is 0.259 e. The van der Waals surface area contributed by atoms with E-state index >= 15 is 0 Å². The molecule has 0 aromatic rings. The normalized spacial score (nSPS) is 34.7. The highest BCUT2D eigenvalue weighted by molar-refractivity contribution is 7.91. The molecule has 2 heterocycles. The van der Waals surface area contributed by atoms with Crippen molar-refractivity contribution in [2.24, 2.45) is 11.7 Å². The fourth-order valence-corrected chi connectivity index (χ4v) is 5.75. The lowest BCUT2D eigenvalue weighted by Gasteiger charge is -2.28. The van der Waals surface area contributed by atoms with Crippen LogP contribution >= 0.6 is 0 Å². The van der Waals surface area contributed by atoms with E-state index in [1.54, 1.807) is 12.2 Å². The van der Waals surface area contributed by atoms with Crippen LogP contribution in [0.3, 0.4) is 0 Å². The molecule has 0 aromatic carbocycles. The predicted molar refractivity (Wildman–Crippen MR) is 111 cm³/mol. The SMILES string of the molecule is NC1CCCOCC=CC2CC2(C(=O)NS(=O)(=O)C2CC2)NC(=O)C2CCCN2C1=O. The first-order valence-electron chi connectivity index (χ1n) is 10.9. The second kappa shape index (κ2) is 8.51. The summed E-state index contributed by atoms with van der Waals surface area (Å²) in [5, 5.41) is 2.24. The molecule has 3 fully saturated rings. The largest absolute Gasteiger partial charge is 0.377 e. The van der Waals surface area contributed by atoms with Crippen molar-refractivity contribution >= 4 is 27.7 Å². The number of rotatable bonds is 3. The van der Waals surface area contributed by atoms with Crippen LogP contribution < -0.4 is 15.8 Å². The number of hydrogen-bond donors (Lipinski definition) is 3. The molecule has 2 aliphatic heterocycles. The van der Waals surface area contributed by atoms with E-state index in [-0.39, 0.29) is 11.8 Å². The van der Waals surface area contributed by atoms with Crippen LogP contribution in [0.1, 0.15) is 44.9 Å². The second-order valence-electron chi connectivity index (χ2n) is 8.89. The Morgan fingerprint density at radius 3 is 2.74 bits per heavy atom. The number of amides is 3. The van der Waals surface area contributed by atoms with Gasteiger partial charge in [-0.2, -0.15) is 0 Å². The van der Waals surface area contributed by atoms with Crippen molar-refractivity contribution in [2.45, 2.75) is 67.8 Å². The van der Waals surface area contributed by atoms with E-state index in [2.05, 4.69) is 10.0 Å². The molecular formula is C20H30N4O6S. The van der Waals surface area contributed by atoms with Gasteiger partial charge in [-0.15, -0.1) is 0 Å². The third kappa shape index (κ3) is 4.63. The molecule has 2 aliphatic carbocycles. The average molecular weight is 455 g/mol. The molecule has 31 heavy (non-hydrogen) atoms. The van der Waals surface area contributed by atoms with E-state index in [4.69, 9.17) is 10.5 Å². The number of nitrogens with one attached hydrogen (secondary N) is 2. The van der Waals surface area contributed by atoms with Crippen LogP contribution in [-0.4, -0.2) is 73.7 Å². The number of ether oxygens (including phenoxy) is 1. The first-order chi connectivity index (χ1) is 14.7. The molecule has 2 saturated carbocycles. The minimum Gasteiger partial charge on any atom is -0.377 e. The first-order valence-corrected chi connectivity index (χ1v) is 12.5. The van der Waals surface area contributed by atoms with Gasteiger partial charge >= 0.3 is 0 Å². The van der Waals surface area contributed by atoms with Crippen molar-refractivity contribution in [3.8, 4) is 0 Å². The highest BCUT2D eigenvalue weighted by Crippen LogP contribution is 2.45. The Morgan fingerprint density at radius 1 is 1.23 bits per heavy atom. The van der Waals surface area contributed by atoms with E-state index in [9.17, 15) is 22.8 Å². The Hall–Kier alpha value is -1.98. The van der Waals surface area contributed by atoms with Gasteiger partial charge in [-0.3, -0.25) is 19.1 Å². The lowest BCUT2D eigenvalue weighted by molar-refractivity contribution is -0.140. The van der Waals surface area contributed by atoms with Crippen LogP contribution in [0.15, 0.2) is 12.2 Å². The van der Waals surface area contributed by atoms with Gasteiger partial charge in [0.15, 0.2) is 0 Å². The van der Waals surface area contributed by atoms with Crippen molar-refractivity contribution in [1.29, 1.82) is 0 Å². The molecule has 172 valence electrons. The number of carbonyl (C=O) groups excluding carboxylic acids is 3. The molecule has 0 bridgehead atoms. The molecule has 0 aromatic heterocycles. The van der Waals surface area contributed by atoms with Crippen molar-refractivity contribution < 1.29 is 27.5 Å². The van der Waals surface area contributed by atoms with Gasteiger partial charge in [-0.1, -0.05) is 12.2 Å². The van der Waals surface area contributed by atoms with Crippen LogP contribution in [0.25, 0.3) is 0 Å². The molecule has 10 nitrogen and oxygen atoms in total. The standard InChI is InChI=1S/C20H30N4O6S/c21-15-5-3-11-30-10-2-4-13-12-20(13,19(27)23-31(28,29)14-7-8-14)22-17(25)16-6-1-9-24(16)18(15)26/h2,4,13-16H,1,3,5-12,21H2,(H,22,25)(H,23,27). The summed E-state index contributed by atoms with van der Waals surface area (Å²) < 4.78 is 32.3. The predicted octanol–water partition coefficient (Wildman–Crippen LogP) is -0.845. The average Bonchev–Trinajstić information content (AvgIpc) is 3.63. The summed E-state index contributed by atoms with van der Waals surface area (Å²) in [5.74, 6) is -1.79. The Kier molecular flexibility index (Phi) is 6.10. The Balaban J connectivity index is 1.56. The van der Waals surface area contributed by atoms with Crippen LogP contribution in [0, 0.1) is 5.92 Å². The third-order valence-corrected chi connectivity index (χ3v) is 8.33. The summed E-state index contributed by atoms with van der Waals surface area (Å²) in [6.45, 7) is 1.20. The van der Waals surface area contributed by atoms with Crippen LogP contribution in [0.4, 0.5) is 0 Å². The van der Waals surface area contributed by atoms with Crippen LogP contribution in [0.2, 0.25) is 0 Å². The maximum Gasteiger partial charge on any atom is 0.259 e. The molecule has 4 unspecified atom stereocenters. The number of nitrogens with two attached hydrogens (primary N) is 1. The fraction of sp³-hybridized carbons (Fsp3) is 0.750. The molecule has 4 rings (SSSR count). The maximum absolute atomic E-state index is 13.1. The third-order valence-electron chi connectivity index (χ3n) is 6.51. The van der Waals surface area contributed by atoms with E-state index in [1.165, 1.54) is 4.90 Å². The summed E-state index contributed by atoms with van der Waals surface area (Å²) in [5.41, 5.74) is 4.71. The number of carbonyl (C=O) groups is 3. The van der Waals surface area contributed by atoms with E-state index in [0.717, 1.165) is 0 Å². The highest BCUT2D eigenvalue weighted by Gasteiger charge is 2.61. The summed E-state index contributed by atoms with van der Waals surface area (Å²) in [6.07, 6.45) is 7.14. The van der Waals surface area contributed by atoms with Gasteiger partial charge in [0.1, 0.15) is 11.6 Å². The van der Waals surface area contributed by atoms with Gasteiger partial charge in [0, 0.05) is 19.1 Å². The molecule has 1 saturated heterocycles. The molecule has 4 atom stereocenters. The van der Waals surface area contributed by atoms with E-state index < -0.39 is 44.7 Å². The quantitative estimate of drug-likeness (QED) is 0.471. The van der Waals surface area contributed by atoms with Gasteiger partial charge in [-0.25, -0.2) is 8.42 Å². The van der Waals surface area contributed by atoms with Crippen molar-refractivity contribution in [2.75, 3.05) is 19.8 Å². The van der Waals surface area contributed by atoms with Crippen molar-refractivity contribution in [3.63, 3.8) is 0 Å². The van der Waals surface area contributed by atoms with Crippen molar-refractivity contribution in [3.05, 3.63) is 12.2 Å². The number of nitrogens with zero attached hydrogens (tertiary/aromatic N) is 1. The molecule has 3 amide bonds. The summed E-state index contributed by atoms with van der Waals surface area (Å²) in [7, 11) is -3.74. The topological polar surface area (TPSA) is 148 Å². The van der Waals surface area contributed by atoms with E-state index in [1.807, 2.05) is 0 Å². The van der Waals surface area contributed by atoms with Gasteiger partial charge in [0.2, 0.25) is 21.8 Å². The highest BCUT2D eigenvalue weighted by atomic mass is 32.2. The molecule has 0 spiro atoms. The maximum atomic E-state index is 13.1. The molecule has 4 aliphatic rings. The summed E-state index contributed by atoms with van der Waals surface area (Å²) >= 11 is 0. The molecule has 11 heteroatoms. The molecular weight excluding hydrogens is 424 g/mol. The Labute approximate surface area is 182 Å². The van der Waals surface area contributed by atoms with Gasteiger partial charge in [-0.05, 0) is 44.9 Å². The number of hydrogen-bond acceptors (Lipinski definition) is 7. The fourth-order valence-electron chi connectivity index (χ4n) is 4.38. The van der Waals surface area contributed by atoms with Crippen molar-refractivity contribution in [1.82, 2.24) is 14.9 Å². The lowest BCUT2D eigenvalue weighted by atomic mass is 10.1. The first kappa shape index (κ1) is 22.2. The number of fused-ring (bicyclic) bond motifs is 2. The summed E-state index contributed by atoms with van der Waals surface area (Å²) in [6, 6.07) is -1.43. The van der Waals surface area contributed by atoms with Gasteiger partial charge in [0.05, 0.1) is 17.9 Å². The zero-order chi connectivity index (χ0) is 22.2. The van der Waals surface area contributed by atoms with Gasteiger partial charge in [0.25, 0.3) is 5.91 Å². The second-order valence-corrected chi connectivity index (χ2v) is 10.8. The molecule has 0 radical (unpaired) electrons. The lowest BCUT2D eigenvalue weighted by Crippen LogP contribution is -2.57. The summed E-state index contributed by atoms with van der Waals surface area (Å²) in [4.78, 5) is 40.4. The van der Waals surface area contributed by atoms with Crippen LogP contribution in [-0.2, 0) is 29.1 Å². The minimum absolute atomic E-state index is 0.284. The monoisotopic (exact) mass is 454 g/mol. The van der Waals surface area contributed by atoms with Gasteiger partial charge < -0.3 is 20.7 Å². The van der Waals surface area contributed by atoms with Crippen LogP contribution in [0.5, 0.6) is 0 Å². The number of sulfonamides is 1. The Bertz CT molecular complexity index is 886. The zero-order valence-corrected chi connectivity index (χ0v) is 18.2. The Morgan fingerprint density at radius 2 is 2.00 bits per heavy atom.